The molecule has 0 amide bonds. The van der Waals surface area contributed by atoms with Crippen LogP contribution in [0.2, 0.25) is 0 Å². The molecule has 0 aromatic carbocycles. The molecule has 0 spiro atoms. The zero-order valence-electron chi connectivity index (χ0n) is 20.9. The van der Waals surface area contributed by atoms with E-state index < -0.39 is 29.5 Å². The van der Waals surface area contributed by atoms with Gasteiger partial charge in [0.25, 0.3) is 0 Å². The molecule has 0 unspecified atom stereocenters. The van der Waals surface area contributed by atoms with Gasteiger partial charge < -0.3 is 25.5 Å². The fourth-order valence-corrected chi connectivity index (χ4v) is 8.37. The molecule has 6 heteroatoms. The fourth-order valence-electron chi connectivity index (χ4n) is 8.37. The number of rotatable bonds is 5. The molecule has 0 saturated heterocycles. The molecule has 4 aliphatic carbocycles. The number of carbonyl (C=O) groups excluding carboxylic acids is 1. The van der Waals surface area contributed by atoms with Crippen molar-refractivity contribution in [2.24, 2.45) is 34.5 Å². The van der Waals surface area contributed by atoms with Crippen molar-refractivity contribution in [2.45, 2.75) is 115 Å². The first-order valence-corrected chi connectivity index (χ1v) is 12.9. The van der Waals surface area contributed by atoms with Crippen LogP contribution in [0.4, 0.5) is 0 Å². The molecule has 4 rings (SSSR count). The van der Waals surface area contributed by atoms with Crippen LogP contribution in [0.5, 0.6) is 0 Å². The highest BCUT2D eigenvalue weighted by molar-refractivity contribution is 5.94. The monoisotopic (exact) mass is 464 g/mol. The average molecular weight is 465 g/mol. The van der Waals surface area contributed by atoms with Crippen molar-refractivity contribution in [1.29, 1.82) is 0 Å². The Balaban J connectivity index is 1.61. The van der Waals surface area contributed by atoms with Gasteiger partial charge in [-0.05, 0) is 107 Å². The smallest absolute Gasteiger partial charge is 0.159 e. The van der Waals surface area contributed by atoms with Gasteiger partial charge in [0, 0.05) is 5.92 Å². The number of aliphatic hydroxyl groups excluding tert-OH is 3. The van der Waals surface area contributed by atoms with E-state index in [2.05, 4.69) is 13.8 Å². The maximum atomic E-state index is 13.2. The molecular formula is C27H44O6. The van der Waals surface area contributed by atoms with Gasteiger partial charge in [0.1, 0.15) is 0 Å². The van der Waals surface area contributed by atoms with Gasteiger partial charge in [-0.15, -0.1) is 0 Å². The van der Waals surface area contributed by atoms with Crippen LogP contribution in [0, 0.1) is 34.5 Å². The highest BCUT2D eigenvalue weighted by Gasteiger charge is 2.63. The van der Waals surface area contributed by atoms with Crippen molar-refractivity contribution in [3.05, 3.63) is 11.6 Å². The molecule has 10 atom stereocenters. The molecular weight excluding hydrogens is 420 g/mol. The van der Waals surface area contributed by atoms with Gasteiger partial charge in [-0.3, -0.25) is 4.79 Å². The molecule has 3 saturated carbocycles. The number of hydrogen-bond donors (Lipinski definition) is 5. The molecule has 3 fully saturated rings. The summed E-state index contributed by atoms with van der Waals surface area (Å²) in [5, 5.41) is 53.3. The van der Waals surface area contributed by atoms with E-state index >= 15 is 0 Å². The van der Waals surface area contributed by atoms with E-state index in [0.29, 0.717) is 25.7 Å². The topological polar surface area (TPSA) is 118 Å². The Hall–Kier alpha value is -0.790. The van der Waals surface area contributed by atoms with E-state index in [9.17, 15) is 30.3 Å². The largest absolute Gasteiger partial charge is 0.390 e. The number of ketones is 1. The van der Waals surface area contributed by atoms with Crippen LogP contribution in [0.3, 0.4) is 0 Å². The maximum absolute atomic E-state index is 13.2. The summed E-state index contributed by atoms with van der Waals surface area (Å²) in [6.07, 6.45) is 4.21. The second kappa shape index (κ2) is 8.12. The standard InChI is InChI=1S/C27H44O6/c1-24(2,32)10-9-23(31)27(5,33)22-7-6-16-15-12-19(28)18-13-20(29)21(30)14-26(18,4)17(15)8-11-25(16,22)3/h12,16-18,20-23,29-33H,6-11,13-14H2,1-5H3/t16-,17+,18-,20-,21+,22+,23-,25+,26-,27-/m1/s1. The predicted octanol–water partition coefficient (Wildman–Crippen LogP) is 2.74. The van der Waals surface area contributed by atoms with Crippen molar-refractivity contribution in [1.82, 2.24) is 0 Å². The minimum Gasteiger partial charge on any atom is -0.390 e. The normalized spacial score (nSPS) is 46.0. The van der Waals surface area contributed by atoms with Crippen LogP contribution in [0.15, 0.2) is 11.6 Å². The molecule has 5 N–H and O–H groups in total. The maximum Gasteiger partial charge on any atom is 0.159 e. The Labute approximate surface area is 198 Å². The van der Waals surface area contributed by atoms with Gasteiger partial charge in [0.2, 0.25) is 0 Å². The van der Waals surface area contributed by atoms with E-state index in [-0.39, 0.29) is 40.3 Å². The molecule has 0 aromatic rings. The first-order valence-electron chi connectivity index (χ1n) is 12.9. The van der Waals surface area contributed by atoms with E-state index in [1.54, 1.807) is 20.8 Å². The Morgan fingerprint density at radius 1 is 1.00 bits per heavy atom. The molecule has 188 valence electrons. The lowest BCUT2D eigenvalue weighted by Gasteiger charge is -2.58. The molecule has 33 heavy (non-hydrogen) atoms. The summed E-state index contributed by atoms with van der Waals surface area (Å²) < 4.78 is 0. The van der Waals surface area contributed by atoms with Crippen LogP contribution in [-0.2, 0) is 4.79 Å². The summed E-state index contributed by atoms with van der Waals surface area (Å²) in [6, 6.07) is 0. The number of aliphatic hydroxyl groups is 5. The SMILES string of the molecule is CC(C)(O)CC[C@@H](O)[C@](C)(O)[C@H]1CC[C@@H]2C3=CC(=O)[C@H]4C[C@@H](O)[C@@H](O)C[C@]4(C)[C@H]3CC[C@@]21C. The Kier molecular flexibility index (Phi) is 6.23. The predicted molar refractivity (Wildman–Crippen MR) is 125 cm³/mol. The highest BCUT2D eigenvalue weighted by atomic mass is 16.3. The zero-order chi connectivity index (χ0) is 24.6. The van der Waals surface area contributed by atoms with E-state index in [1.165, 1.54) is 5.57 Å². The van der Waals surface area contributed by atoms with Gasteiger partial charge in [-0.2, -0.15) is 0 Å². The first kappa shape index (κ1) is 25.3. The van der Waals surface area contributed by atoms with Crippen LogP contribution in [0.25, 0.3) is 0 Å². The summed E-state index contributed by atoms with van der Waals surface area (Å²) in [5.74, 6) is 0.0783. The fraction of sp³-hybridized carbons (Fsp3) is 0.889. The molecule has 0 bridgehead atoms. The lowest BCUT2D eigenvalue weighted by molar-refractivity contribution is -0.151. The third-order valence-electron chi connectivity index (χ3n) is 10.3. The number of fused-ring (bicyclic) bond motifs is 5. The number of hydrogen-bond acceptors (Lipinski definition) is 6. The quantitative estimate of drug-likeness (QED) is 0.427. The Morgan fingerprint density at radius 3 is 2.27 bits per heavy atom. The van der Waals surface area contributed by atoms with E-state index in [0.717, 1.165) is 25.7 Å². The summed E-state index contributed by atoms with van der Waals surface area (Å²) in [6.45, 7) is 9.49. The van der Waals surface area contributed by atoms with Gasteiger partial charge in [0.05, 0.1) is 29.5 Å². The van der Waals surface area contributed by atoms with E-state index in [1.807, 2.05) is 6.08 Å². The second-order valence-electron chi connectivity index (χ2n) is 13.1. The van der Waals surface area contributed by atoms with Crippen LogP contribution < -0.4 is 0 Å². The van der Waals surface area contributed by atoms with Crippen molar-refractivity contribution >= 4 is 5.78 Å². The van der Waals surface area contributed by atoms with Crippen molar-refractivity contribution in [2.75, 3.05) is 0 Å². The summed E-state index contributed by atoms with van der Waals surface area (Å²) in [4.78, 5) is 13.2. The summed E-state index contributed by atoms with van der Waals surface area (Å²) in [5.41, 5.74) is -1.58. The number of allylic oxidation sites excluding steroid dienone is 2. The van der Waals surface area contributed by atoms with Crippen LogP contribution in [-0.4, -0.2) is 60.8 Å². The number of carbonyl (C=O) groups is 1. The highest BCUT2D eigenvalue weighted by Crippen LogP contribution is 2.67. The van der Waals surface area contributed by atoms with Crippen molar-refractivity contribution in [3.63, 3.8) is 0 Å². The minimum atomic E-state index is -1.28. The molecule has 0 radical (unpaired) electrons. The second-order valence-corrected chi connectivity index (χ2v) is 13.1. The lowest BCUT2D eigenvalue weighted by Crippen LogP contribution is -2.57. The zero-order valence-corrected chi connectivity index (χ0v) is 20.9. The molecule has 4 aliphatic rings. The van der Waals surface area contributed by atoms with Crippen molar-refractivity contribution < 1.29 is 30.3 Å². The molecule has 0 aliphatic heterocycles. The minimum absolute atomic E-state index is 0.0689. The Morgan fingerprint density at radius 2 is 1.64 bits per heavy atom. The van der Waals surface area contributed by atoms with E-state index in [4.69, 9.17) is 0 Å². The summed E-state index contributed by atoms with van der Waals surface area (Å²) >= 11 is 0. The van der Waals surface area contributed by atoms with Crippen LogP contribution >= 0.6 is 0 Å². The van der Waals surface area contributed by atoms with Gasteiger partial charge in [-0.1, -0.05) is 19.4 Å². The van der Waals surface area contributed by atoms with Gasteiger partial charge in [-0.25, -0.2) is 0 Å². The van der Waals surface area contributed by atoms with Crippen molar-refractivity contribution in [3.8, 4) is 0 Å². The molecule has 6 nitrogen and oxygen atoms in total. The van der Waals surface area contributed by atoms with Crippen LogP contribution in [0.1, 0.15) is 86.0 Å². The Bertz CT molecular complexity index is 812. The first-order chi connectivity index (χ1) is 15.1. The average Bonchev–Trinajstić information content (AvgIpc) is 3.06. The third-order valence-corrected chi connectivity index (χ3v) is 10.3. The van der Waals surface area contributed by atoms with Gasteiger partial charge >= 0.3 is 0 Å². The lowest BCUT2D eigenvalue weighted by atomic mass is 9.47. The van der Waals surface area contributed by atoms with Gasteiger partial charge in [0.15, 0.2) is 5.78 Å². The molecule has 0 heterocycles. The molecule has 0 aromatic heterocycles. The summed E-state index contributed by atoms with van der Waals surface area (Å²) in [7, 11) is 0. The third kappa shape index (κ3) is 4.04.